The summed E-state index contributed by atoms with van der Waals surface area (Å²) in [4.78, 5) is 12.7. The fourth-order valence-electron chi connectivity index (χ4n) is 3.17. The smallest absolute Gasteiger partial charge is 0.261 e. The topological polar surface area (TPSA) is 113 Å². The van der Waals surface area contributed by atoms with Crippen LogP contribution in [0.4, 0.5) is 5.69 Å². The Hall–Kier alpha value is -2.43. The van der Waals surface area contributed by atoms with Gasteiger partial charge in [0.1, 0.15) is 0 Å². The third-order valence-corrected chi connectivity index (χ3v) is 7.29. The first-order valence-corrected chi connectivity index (χ1v) is 12.4. The summed E-state index contributed by atoms with van der Waals surface area (Å²) in [6, 6.07) is 13.8. The molecule has 0 aromatic heterocycles. The van der Waals surface area contributed by atoms with Crippen LogP contribution in [0.2, 0.25) is 0 Å². The first-order valence-electron chi connectivity index (χ1n) is 9.09. The van der Waals surface area contributed by atoms with E-state index in [0.717, 1.165) is 6.26 Å². The van der Waals surface area contributed by atoms with E-state index in [1.54, 1.807) is 36.4 Å². The quantitative estimate of drug-likeness (QED) is 0.713. The van der Waals surface area contributed by atoms with E-state index in [-0.39, 0.29) is 34.6 Å². The van der Waals surface area contributed by atoms with Crippen LogP contribution in [0.1, 0.15) is 23.2 Å². The number of nitrogens with zero attached hydrogens (tertiary/aromatic N) is 1. The van der Waals surface area contributed by atoms with Crippen molar-refractivity contribution in [2.45, 2.75) is 23.8 Å². The van der Waals surface area contributed by atoms with Crippen LogP contribution in [0.5, 0.6) is 0 Å². The maximum atomic E-state index is 12.6. The van der Waals surface area contributed by atoms with E-state index in [1.807, 2.05) is 0 Å². The molecule has 3 rings (SSSR count). The number of amides is 1. The highest BCUT2D eigenvalue weighted by molar-refractivity contribution is 7.92. The number of benzene rings is 2. The predicted molar refractivity (Wildman–Crippen MR) is 111 cm³/mol. The zero-order valence-corrected chi connectivity index (χ0v) is 17.5. The van der Waals surface area contributed by atoms with E-state index in [9.17, 15) is 21.6 Å². The van der Waals surface area contributed by atoms with Gasteiger partial charge in [-0.25, -0.2) is 21.1 Å². The minimum Gasteiger partial charge on any atom is -0.348 e. The largest absolute Gasteiger partial charge is 0.348 e. The second-order valence-electron chi connectivity index (χ2n) is 6.93. The molecule has 0 radical (unpaired) electrons. The number of nitrogens with one attached hydrogen (secondary N) is 2. The lowest BCUT2D eigenvalue weighted by Crippen LogP contribution is -2.49. The zero-order chi connectivity index (χ0) is 21.1. The Morgan fingerprint density at radius 2 is 1.76 bits per heavy atom. The van der Waals surface area contributed by atoms with Crippen molar-refractivity contribution in [3.63, 3.8) is 0 Å². The SMILES string of the molecule is CS(=O)(=O)N1CCCC(NC(=O)c2cccc(NS(=O)(=O)c3ccccc3)c2)C1. The molecule has 156 valence electrons. The maximum absolute atomic E-state index is 12.6. The minimum absolute atomic E-state index is 0.123. The first-order chi connectivity index (χ1) is 13.6. The lowest BCUT2D eigenvalue weighted by Gasteiger charge is -2.31. The predicted octanol–water partition coefficient (Wildman–Crippen LogP) is 1.64. The molecule has 0 aliphatic carbocycles. The van der Waals surface area contributed by atoms with Gasteiger partial charge in [-0.1, -0.05) is 24.3 Å². The second-order valence-corrected chi connectivity index (χ2v) is 10.6. The summed E-state index contributed by atoms with van der Waals surface area (Å²) in [5.41, 5.74) is 0.553. The molecule has 0 spiro atoms. The van der Waals surface area contributed by atoms with Crippen molar-refractivity contribution in [3.8, 4) is 0 Å². The molecule has 1 atom stereocenters. The maximum Gasteiger partial charge on any atom is 0.261 e. The molecule has 1 unspecified atom stereocenters. The molecule has 2 aromatic carbocycles. The van der Waals surface area contributed by atoms with Gasteiger partial charge in [0.25, 0.3) is 15.9 Å². The van der Waals surface area contributed by atoms with Crippen LogP contribution in [0.25, 0.3) is 0 Å². The van der Waals surface area contributed by atoms with Gasteiger partial charge in [0, 0.05) is 30.4 Å². The molecular weight excluding hydrogens is 414 g/mol. The fourth-order valence-corrected chi connectivity index (χ4v) is 5.15. The van der Waals surface area contributed by atoms with E-state index in [0.29, 0.717) is 19.4 Å². The summed E-state index contributed by atoms with van der Waals surface area (Å²) in [5.74, 6) is -0.383. The molecule has 2 aromatic rings. The van der Waals surface area contributed by atoms with Gasteiger partial charge < -0.3 is 5.32 Å². The average Bonchev–Trinajstić information content (AvgIpc) is 2.68. The molecule has 10 heteroatoms. The number of sulfonamides is 2. The molecule has 8 nitrogen and oxygen atoms in total. The van der Waals surface area contributed by atoms with Crippen molar-refractivity contribution in [3.05, 3.63) is 60.2 Å². The highest BCUT2D eigenvalue weighted by Gasteiger charge is 2.27. The molecule has 1 heterocycles. The highest BCUT2D eigenvalue weighted by Crippen LogP contribution is 2.18. The Bertz CT molecular complexity index is 1090. The number of rotatable bonds is 6. The third-order valence-electron chi connectivity index (χ3n) is 4.62. The average molecular weight is 438 g/mol. The lowest BCUT2D eigenvalue weighted by molar-refractivity contribution is 0.0921. The summed E-state index contributed by atoms with van der Waals surface area (Å²) in [7, 11) is -7.07. The Kier molecular flexibility index (Phi) is 6.25. The Morgan fingerprint density at radius 1 is 1.03 bits per heavy atom. The van der Waals surface area contributed by atoms with Gasteiger partial charge in [-0.15, -0.1) is 0 Å². The molecule has 1 saturated heterocycles. The van der Waals surface area contributed by atoms with Crippen LogP contribution >= 0.6 is 0 Å². The number of carbonyl (C=O) groups is 1. The zero-order valence-electron chi connectivity index (χ0n) is 15.9. The Morgan fingerprint density at radius 3 is 2.45 bits per heavy atom. The van der Waals surface area contributed by atoms with Crippen LogP contribution in [0, 0.1) is 0 Å². The van der Waals surface area contributed by atoms with E-state index in [1.165, 1.54) is 22.5 Å². The Labute approximate surface area is 171 Å². The monoisotopic (exact) mass is 437 g/mol. The molecule has 0 bridgehead atoms. The van der Waals surface area contributed by atoms with Crippen LogP contribution in [0.3, 0.4) is 0 Å². The minimum atomic E-state index is -3.76. The second kappa shape index (κ2) is 8.52. The normalized spacial score (nSPS) is 18.2. The Balaban J connectivity index is 1.70. The summed E-state index contributed by atoms with van der Waals surface area (Å²) >= 11 is 0. The standard InChI is InChI=1S/C19H23N3O5S2/c1-28(24,25)22-12-6-9-17(14-22)20-19(23)15-7-5-8-16(13-15)21-29(26,27)18-10-3-2-4-11-18/h2-5,7-8,10-11,13,17,21H,6,9,12,14H2,1H3,(H,20,23). The molecule has 2 N–H and O–H groups in total. The third kappa shape index (κ3) is 5.55. The van der Waals surface area contributed by atoms with Gasteiger partial charge in [0.15, 0.2) is 0 Å². The van der Waals surface area contributed by atoms with E-state index in [4.69, 9.17) is 0 Å². The van der Waals surface area contributed by atoms with Crippen LogP contribution in [-0.4, -0.2) is 52.4 Å². The van der Waals surface area contributed by atoms with Crippen molar-refractivity contribution in [1.29, 1.82) is 0 Å². The van der Waals surface area contributed by atoms with Gasteiger partial charge in [-0.2, -0.15) is 0 Å². The number of hydrogen-bond donors (Lipinski definition) is 2. The first kappa shape index (κ1) is 21.3. The highest BCUT2D eigenvalue weighted by atomic mass is 32.2. The van der Waals surface area contributed by atoms with Gasteiger partial charge in [-0.3, -0.25) is 9.52 Å². The number of carbonyl (C=O) groups excluding carboxylic acids is 1. The van der Waals surface area contributed by atoms with Crippen molar-refractivity contribution < 1.29 is 21.6 Å². The van der Waals surface area contributed by atoms with E-state index in [2.05, 4.69) is 10.0 Å². The van der Waals surface area contributed by atoms with Gasteiger partial charge in [-0.05, 0) is 43.2 Å². The van der Waals surface area contributed by atoms with Crippen molar-refractivity contribution in [1.82, 2.24) is 9.62 Å². The van der Waals surface area contributed by atoms with Crippen LogP contribution in [-0.2, 0) is 20.0 Å². The van der Waals surface area contributed by atoms with Crippen molar-refractivity contribution in [2.75, 3.05) is 24.1 Å². The molecular formula is C19H23N3O5S2. The molecule has 1 fully saturated rings. The summed E-state index contributed by atoms with van der Waals surface area (Å²) in [6.07, 6.45) is 2.49. The summed E-state index contributed by atoms with van der Waals surface area (Å²) in [5, 5.41) is 2.84. The number of piperidine rings is 1. The van der Waals surface area contributed by atoms with Crippen LogP contribution in [0.15, 0.2) is 59.5 Å². The van der Waals surface area contributed by atoms with Gasteiger partial charge in [0.2, 0.25) is 10.0 Å². The number of anilines is 1. The molecule has 1 aliphatic heterocycles. The van der Waals surface area contributed by atoms with Crippen molar-refractivity contribution >= 4 is 31.6 Å². The van der Waals surface area contributed by atoms with Gasteiger partial charge in [0.05, 0.1) is 11.2 Å². The van der Waals surface area contributed by atoms with Gasteiger partial charge >= 0.3 is 0 Å². The van der Waals surface area contributed by atoms with E-state index < -0.39 is 20.0 Å². The summed E-state index contributed by atoms with van der Waals surface area (Å²) < 4.78 is 52.2. The van der Waals surface area contributed by atoms with Crippen molar-refractivity contribution in [2.24, 2.45) is 0 Å². The molecule has 1 amide bonds. The lowest BCUT2D eigenvalue weighted by atomic mass is 10.1. The van der Waals surface area contributed by atoms with Crippen LogP contribution < -0.4 is 10.0 Å². The molecule has 0 saturated carbocycles. The fraction of sp³-hybridized carbons (Fsp3) is 0.316. The molecule has 1 aliphatic rings. The van der Waals surface area contributed by atoms with E-state index >= 15 is 0 Å². The number of hydrogen-bond acceptors (Lipinski definition) is 5. The summed E-state index contributed by atoms with van der Waals surface area (Å²) in [6.45, 7) is 0.673. The molecule has 29 heavy (non-hydrogen) atoms.